The van der Waals surface area contributed by atoms with Crippen molar-refractivity contribution >= 4 is 29.4 Å². The van der Waals surface area contributed by atoms with Crippen molar-refractivity contribution in [2.75, 3.05) is 18.1 Å². The molecule has 11 nitrogen and oxygen atoms in total. The minimum absolute atomic E-state index is 0.0859. The molecule has 4 aromatic carbocycles. The van der Waals surface area contributed by atoms with E-state index >= 15 is 0 Å². The Kier molecular flexibility index (Phi) is 12.4. The first kappa shape index (κ1) is 38.2. The molecule has 282 valence electrons. The van der Waals surface area contributed by atoms with Crippen molar-refractivity contribution in [3.8, 4) is 5.75 Å². The van der Waals surface area contributed by atoms with Crippen LogP contribution in [0, 0.1) is 5.41 Å². The number of hydrogen-bond acceptors (Lipinski definition) is 7. The summed E-state index contributed by atoms with van der Waals surface area (Å²) in [5, 5.41) is 27.3. The normalized spacial score (nSPS) is 19.0. The highest BCUT2D eigenvalue weighted by Gasteiger charge is 2.50. The largest absolute Gasteiger partial charge is 0.484 e. The summed E-state index contributed by atoms with van der Waals surface area (Å²) in [6.07, 6.45) is 2.40. The standard InChI is InChI=1S/C43H48N4O7/c1-30(48)44-26-25-43(23-11-12-24-43)42(53)45-36(41(51)52)27-32-19-21-34(22-20-32)46-39(33-15-7-3-8-16-33)47(38(49)29-54-35-17-9-4-10-18-35)37(40(46)50)28-31-13-5-2-6-14-31/h2-10,13-22,36-37,39,42,45,53H,11-12,23-29H2,1H3,(H,44,48)(H,51,52)/t36?,37-,39?,42+/m1/s1. The van der Waals surface area contributed by atoms with Crippen molar-refractivity contribution in [2.24, 2.45) is 5.41 Å². The number of nitrogens with zero attached hydrogens (tertiary/aromatic N) is 2. The summed E-state index contributed by atoms with van der Waals surface area (Å²) in [5.74, 6) is -1.28. The molecule has 1 aliphatic heterocycles. The van der Waals surface area contributed by atoms with Crippen LogP contribution in [0.1, 0.15) is 61.9 Å². The zero-order valence-electron chi connectivity index (χ0n) is 30.5. The molecule has 1 saturated carbocycles. The summed E-state index contributed by atoms with van der Waals surface area (Å²) >= 11 is 0. The molecule has 0 radical (unpaired) electrons. The molecule has 4 N–H and O–H groups in total. The van der Waals surface area contributed by atoms with E-state index in [1.165, 1.54) is 6.92 Å². The van der Waals surface area contributed by atoms with Gasteiger partial charge in [0.1, 0.15) is 30.2 Å². The lowest BCUT2D eigenvalue weighted by atomic mass is 9.80. The van der Waals surface area contributed by atoms with E-state index in [0.717, 1.165) is 36.8 Å². The summed E-state index contributed by atoms with van der Waals surface area (Å²) in [6.45, 7) is 1.59. The molecule has 2 unspecified atom stereocenters. The molecule has 0 spiro atoms. The van der Waals surface area contributed by atoms with Gasteiger partial charge in [-0.05, 0) is 66.6 Å². The Morgan fingerprint density at radius 2 is 1.46 bits per heavy atom. The maximum absolute atomic E-state index is 14.6. The fourth-order valence-electron chi connectivity index (χ4n) is 7.81. The van der Waals surface area contributed by atoms with Gasteiger partial charge in [-0.25, -0.2) is 0 Å². The van der Waals surface area contributed by atoms with Crippen molar-refractivity contribution in [1.29, 1.82) is 0 Å². The van der Waals surface area contributed by atoms with E-state index in [0.29, 0.717) is 36.4 Å². The molecule has 0 bridgehead atoms. The number of amides is 3. The lowest BCUT2D eigenvalue weighted by Gasteiger charge is -2.36. The van der Waals surface area contributed by atoms with E-state index in [-0.39, 0.29) is 30.7 Å². The quantitative estimate of drug-likeness (QED) is 0.114. The van der Waals surface area contributed by atoms with Gasteiger partial charge in [0.25, 0.3) is 11.8 Å². The average Bonchev–Trinajstić information content (AvgIpc) is 3.78. The highest BCUT2D eigenvalue weighted by atomic mass is 16.5. The summed E-state index contributed by atoms with van der Waals surface area (Å²) in [5.41, 5.74) is 2.37. The van der Waals surface area contributed by atoms with Crippen LogP contribution in [0.5, 0.6) is 5.75 Å². The zero-order chi connectivity index (χ0) is 38.1. The molecule has 2 aliphatic rings. The summed E-state index contributed by atoms with van der Waals surface area (Å²) in [7, 11) is 0. The minimum atomic E-state index is -1.09. The van der Waals surface area contributed by atoms with E-state index in [1.54, 1.807) is 46.2 Å². The molecular weight excluding hydrogens is 684 g/mol. The number of ether oxygens (including phenoxy) is 1. The van der Waals surface area contributed by atoms with Crippen LogP contribution in [0.25, 0.3) is 0 Å². The smallest absolute Gasteiger partial charge is 0.321 e. The number of aliphatic carboxylic acids is 1. The molecule has 4 aromatic rings. The Morgan fingerprint density at radius 1 is 0.852 bits per heavy atom. The molecular formula is C43H48N4O7. The Morgan fingerprint density at radius 3 is 2.07 bits per heavy atom. The van der Waals surface area contributed by atoms with Crippen LogP contribution >= 0.6 is 0 Å². The maximum Gasteiger partial charge on any atom is 0.321 e. The lowest BCUT2D eigenvalue weighted by molar-refractivity contribution is -0.141. The molecule has 1 aliphatic carbocycles. The fourth-order valence-corrected chi connectivity index (χ4v) is 7.81. The number of aliphatic hydroxyl groups excluding tert-OH is 1. The second kappa shape index (κ2) is 17.5. The van der Waals surface area contributed by atoms with E-state index in [4.69, 9.17) is 4.74 Å². The number of para-hydroxylation sites is 1. The van der Waals surface area contributed by atoms with Crippen LogP contribution in [0.15, 0.2) is 115 Å². The van der Waals surface area contributed by atoms with E-state index < -0.39 is 35.9 Å². The maximum atomic E-state index is 14.6. The minimum Gasteiger partial charge on any atom is -0.484 e. The van der Waals surface area contributed by atoms with Gasteiger partial charge in [0.05, 0.1) is 0 Å². The Balaban J connectivity index is 1.26. The highest BCUT2D eigenvalue weighted by molar-refractivity contribution is 6.04. The number of nitrogens with one attached hydrogen (secondary N) is 2. The first-order valence-corrected chi connectivity index (χ1v) is 18.6. The number of benzene rings is 4. The van der Waals surface area contributed by atoms with Gasteiger partial charge in [0.15, 0.2) is 6.61 Å². The first-order valence-electron chi connectivity index (χ1n) is 18.6. The van der Waals surface area contributed by atoms with Gasteiger partial charge < -0.3 is 25.2 Å². The molecule has 6 rings (SSSR count). The van der Waals surface area contributed by atoms with Crippen molar-refractivity contribution in [1.82, 2.24) is 15.5 Å². The van der Waals surface area contributed by atoms with E-state index in [1.807, 2.05) is 78.9 Å². The van der Waals surface area contributed by atoms with Gasteiger partial charge in [-0.3, -0.25) is 29.4 Å². The van der Waals surface area contributed by atoms with Gasteiger partial charge in [-0.15, -0.1) is 0 Å². The second-order valence-electron chi connectivity index (χ2n) is 14.2. The third-order valence-electron chi connectivity index (χ3n) is 10.6. The Labute approximate surface area is 315 Å². The number of anilines is 1. The van der Waals surface area contributed by atoms with Crippen LogP contribution in [-0.2, 0) is 32.0 Å². The van der Waals surface area contributed by atoms with Crippen molar-refractivity contribution in [3.05, 3.63) is 132 Å². The summed E-state index contributed by atoms with van der Waals surface area (Å²) in [4.78, 5) is 56.0. The van der Waals surface area contributed by atoms with E-state index in [9.17, 15) is 29.4 Å². The molecule has 11 heteroatoms. The number of carboxylic acid groups (broad SMARTS) is 1. The third kappa shape index (κ3) is 8.98. The molecule has 2 fully saturated rings. The number of hydrogen-bond donors (Lipinski definition) is 4. The summed E-state index contributed by atoms with van der Waals surface area (Å²) in [6, 6.07) is 33.3. The van der Waals surface area contributed by atoms with Crippen LogP contribution < -0.4 is 20.3 Å². The second-order valence-corrected chi connectivity index (χ2v) is 14.2. The predicted octanol–water partition coefficient (Wildman–Crippen LogP) is 5.24. The van der Waals surface area contributed by atoms with Crippen molar-refractivity contribution in [2.45, 2.75) is 76.3 Å². The fraction of sp³-hybridized carbons (Fsp3) is 0.349. The Bertz CT molecular complexity index is 1870. The first-order chi connectivity index (χ1) is 26.1. The number of rotatable bonds is 16. The van der Waals surface area contributed by atoms with Crippen LogP contribution in [-0.4, -0.2) is 70.3 Å². The topological polar surface area (TPSA) is 149 Å². The van der Waals surface area contributed by atoms with Gasteiger partial charge in [0, 0.05) is 31.0 Å². The van der Waals surface area contributed by atoms with Gasteiger partial charge in [-0.2, -0.15) is 0 Å². The SMILES string of the molecule is CC(=O)NCCC1([C@H](O)NC(Cc2ccc(N3C(=O)[C@@H](Cc4ccccc4)N(C(=O)COc4ccccc4)C3c3ccccc3)cc2)C(=O)O)CCCC1. The molecule has 1 heterocycles. The Hall–Kier alpha value is -5.52. The van der Waals surface area contributed by atoms with Crippen molar-refractivity contribution < 1.29 is 34.1 Å². The molecule has 54 heavy (non-hydrogen) atoms. The van der Waals surface area contributed by atoms with Crippen LogP contribution in [0.4, 0.5) is 5.69 Å². The number of aliphatic hydroxyl groups is 1. The number of carbonyl (C=O) groups is 4. The number of carboxylic acids is 1. The van der Waals surface area contributed by atoms with Gasteiger partial charge in [0.2, 0.25) is 5.91 Å². The monoisotopic (exact) mass is 732 g/mol. The predicted molar refractivity (Wildman–Crippen MR) is 204 cm³/mol. The highest BCUT2D eigenvalue weighted by Crippen LogP contribution is 2.44. The van der Waals surface area contributed by atoms with Gasteiger partial charge >= 0.3 is 5.97 Å². The van der Waals surface area contributed by atoms with Gasteiger partial charge in [-0.1, -0.05) is 104 Å². The van der Waals surface area contributed by atoms with Crippen LogP contribution in [0.3, 0.4) is 0 Å². The zero-order valence-corrected chi connectivity index (χ0v) is 30.5. The number of carbonyl (C=O) groups excluding carboxylic acids is 3. The van der Waals surface area contributed by atoms with E-state index in [2.05, 4.69) is 10.6 Å². The molecule has 4 atom stereocenters. The average molecular weight is 733 g/mol. The summed E-state index contributed by atoms with van der Waals surface area (Å²) < 4.78 is 5.90. The lowest BCUT2D eigenvalue weighted by Crippen LogP contribution is -2.52. The molecule has 0 aromatic heterocycles. The molecule has 3 amide bonds. The van der Waals surface area contributed by atoms with Crippen LogP contribution in [0.2, 0.25) is 0 Å². The third-order valence-corrected chi connectivity index (χ3v) is 10.6. The molecule has 1 saturated heterocycles. The van der Waals surface area contributed by atoms with Crippen molar-refractivity contribution in [3.63, 3.8) is 0 Å².